The zero-order valence-corrected chi connectivity index (χ0v) is 18.6. The van der Waals surface area contributed by atoms with Crippen LogP contribution in [0, 0.1) is 22.8 Å². The van der Waals surface area contributed by atoms with Gasteiger partial charge in [0, 0.05) is 10.6 Å². The summed E-state index contributed by atoms with van der Waals surface area (Å²) >= 11 is 11.9. The fraction of sp³-hybridized carbons (Fsp3) is 0.0455. The molecule has 0 radical (unpaired) electrons. The van der Waals surface area contributed by atoms with E-state index in [1.54, 1.807) is 30.5 Å². The number of pyridine rings is 1. The Morgan fingerprint density at radius 3 is 2.53 bits per heavy atom. The number of fused-ring (bicyclic) bond motifs is 1. The number of halogens is 2. The summed E-state index contributed by atoms with van der Waals surface area (Å²) in [6.45, 7) is 0. The van der Waals surface area contributed by atoms with Crippen molar-refractivity contribution in [2.24, 2.45) is 4.99 Å². The molecule has 0 saturated heterocycles. The second-order valence-electron chi connectivity index (χ2n) is 6.98. The Kier molecular flexibility index (Phi) is 6.11. The minimum Gasteiger partial charge on any atom is -0.423 e. The Hall–Kier alpha value is -4.51. The third kappa shape index (κ3) is 4.24. The number of carbonyl (C=O) groups excluding carboxylic acids is 1. The first-order valence-corrected chi connectivity index (χ1v) is 10.3. The van der Waals surface area contributed by atoms with Crippen LogP contribution in [0.5, 0.6) is 5.75 Å². The number of carbonyl (C=O) groups is 1. The molecule has 12 heteroatoms. The molecule has 0 spiro atoms. The minimum absolute atomic E-state index is 0.0304. The van der Waals surface area contributed by atoms with Gasteiger partial charge >= 0.3 is 5.97 Å². The van der Waals surface area contributed by atoms with E-state index in [1.807, 2.05) is 6.07 Å². The van der Waals surface area contributed by atoms with Crippen LogP contribution in [0.1, 0.15) is 33.1 Å². The Morgan fingerprint density at radius 1 is 1.15 bits per heavy atom. The van der Waals surface area contributed by atoms with Gasteiger partial charge in [0.25, 0.3) is 0 Å². The Morgan fingerprint density at radius 2 is 1.88 bits per heavy atom. The second kappa shape index (κ2) is 9.16. The van der Waals surface area contributed by atoms with Crippen molar-refractivity contribution in [2.75, 3.05) is 16.8 Å². The highest BCUT2D eigenvalue weighted by Crippen LogP contribution is 2.40. The van der Waals surface area contributed by atoms with E-state index in [2.05, 4.69) is 20.6 Å². The van der Waals surface area contributed by atoms with Crippen LogP contribution in [0.2, 0.25) is 10.0 Å². The zero-order chi connectivity index (χ0) is 24.4. The second-order valence-corrected chi connectivity index (χ2v) is 7.83. The maximum absolute atomic E-state index is 12.5. The molecule has 0 saturated carbocycles. The van der Waals surface area contributed by atoms with Crippen molar-refractivity contribution in [1.82, 2.24) is 10.3 Å². The molecule has 0 aliphatic carbocycles. The summed E-state index contributed by atoms with van der Waals surface area (Å²) < 4.78 is 5.40. The van der Waals surface area contributed by atoms with Crippen LogP contribution in [0.25, 0.3) is 0 Å². The van der Waals surface area contributed by atoms with Gasteiger partial charge in [0.15, 0.2) is 6.19 Å². The lowest BCUT2D eigenvalue weighted by Gasteiger charge is -2.26. The van der Waals surface area contributed by atoms with Gasteiger partial charge in [-0.1, -0.05) is 35.3 Å². The van der Waals surface area contributed by atoms with Gasteiger partial charge in [-0.2, -0.15) is 10.5 Å². The molecule has 0 bridgehead atoms. The van der Waals surface area contributed by atoms with E-state index in [9.17, 15) is 10.1 Å². The number of nitrogen functional groups attached to an aromatic ring is 2. The summed E-state index contributed by atoms with van der Waals surface area (Å²) in [6, 6.07) is 12.1. The lowest BCUT2D eigenvalue weighted by atomic mass is 9.95. The lowest BCUT2D eigenvalue weighted by Crippen LogP contribution is -2.32. The molecule has 1 unspecified atom stereocenters. The molecule has 1 aromatic heterocycles. The van der Waals surface area contributed by atoms with Gasteiger partial charge in [0.05, 0.1) is 16.3 Å². The highest BCUT2D eigenvalue weighted by Gasteiger charge is 2.29. The van der Waals surface area contributed by atoms with Crippen molar-refractivity contribution >= 4 is 52.5 Å². The molecular formula is C22H14Cl2N8O2. The molecular weight excluding hydrogens is 479 g/mol. The molecule has 6 N–H and O–H groups in total. The van der Waals surface area contributed by atoms with E-state index in [4.69, 9.17) is 44.7 Å². The van der Waals surface area contributed by atoms with E-state index in [0.717, 1.165) is 0 Å². The topological polar surface area (TPSA) is 175 Å². The van der Waals surface area contributed by atoms with Crippen LogP contribution < -0.4 is 26.8 Å². The number of nitrogens with two attached hydrogens (primary N) is 2. The average Bonchev–Trinajstić information content (AvgIpc) is 2.79. The van der Waals surface area contributed by atoms with Gasteiger partial charge in [-0.25, -0.2) is 14.8 Å². The molecule has 1 aliphatic rings. The van der Waals surface area contributed by atoms with E-state index in [0.29, 0.717) is 16.1 Å². The van der Waals surface area contributed by atoms with Crippen molar-refractivity contribution in [3.8, 4) is 18.0 Å². The normalized spacial score (nSPS) is 14.0. The monoisotopic (exact) mass is 492 g/mol. The number of ether oxygens (including phenoxy) is 1. The quantitative estimate of drug-likeness (QED) is 0.184. The maximum atomic E-state index is 12.5. The smallest absolute Gasteiger partial charge is 0.345 e. The van der Waals surface area contributed by atoms with Crippen molar-refractivity contribution in [3.05, 3.63) is 74.8 Å². The third-order valence-electron chi connectivity index (χ3n) is 4.92. The van der Waals surface area contributed by atoms with Gasteiger partial charge < -0.3 is 21.5 Å². The lowest BCUT2D eigenvalue weighted by molar-refractivity contribution is 0.0735. The summed E-state index contributed by atoms with van der Waals surface area (Å²) in [6.07, 6.45) is 1.78. The molecule has 168 valence electrons. The number of esters is 1. The summed E-state index contributed by atoms with van der Waals surface area (Å²) in [5, 5.41) is 24.3. The van der Waals surface area contributed by atoms with Gasteiger partial charge in [0.1, 0.15) is 35.1 Å². The highest BCUT2D eigenvalue weighted by molar-refractivity contribution is 6.36. The molecule has 10 nitrogen and oxygen atoms in total. The average molecular weight is 493 g/mol. The largest absolute Gasteiger partial charge is 0.423 e. The summed E-state index contributed by atoms with van der Waals surface area (Å²) in [5.74, 6) is -0.0491. The fourth-order valence-corrected chi connectivity index (χ4v) is 3.84. The SMILES string of the molecule is N#CNC1=NC(c2ccc(OC(=O)c3ccc(Cl)cc3Cl)cc2)c2c(nc(N)c(C#N)c2N)N1. The summed E-state index contributed by atoms with van der Waals surface area (Å²) in [4.78, 5) is 21.1. The molecule has 0 amide bonds. The van der Waals surface area contributed by atoms with Crippen molar-refractivity contribution in [3.63, 3.8) is 0 Å². The van der Waals surface area contributed by atoms with E-state index in [1.165, 1.54) is 18.2 Å². The van der Waals surface area contributed by atoms with Crippen LogP contribution in [0.15, 0.2) is 47.5 Å². The van der Waals surface area contributed by atoms with Gasteiger partial charge in [-0.15, -0.1) is 0 Å². The van der Waals surface area contributed by atoms with Gasteiger partial charge in [-0.05, 0) is 35.9 Å². The van der Waals surface area contributed by atoms with Crippen LogP contribution in [-0.4, -0.2) is 16.9 Å². The van der Waals surface area contributed by atoms with Crippen LogP contribution in [-0.2, 0) is 0 Å². The number of aromatic nitrogens is 1. The highest BCUT2D eigenvalue weighted by atomic mass is 35.5. The number of anilines is 3. The predicted octanol–water partition coefficient (Wildman–Crippen LogP) is 3.59. The first-order chi connectivity index (χ1) is 16.3. The molecule has 1 atom stereocenters. The van der Waals surface area contributed by atoms with Crippen LogP contribution in [0.4, 0.5) is 17.3 Å². The van der Waals surface area contributed by atoms with Crippen molar-refractivity contribution in [1.29, 1.82) is 10.5 Å². The first kappa shape index (κ1) is 22.7. The number of hydrogen-bond acceptors (Lipinski definition) is 10. The number of nitrogens with one attached hydrogen (secondary N) is 2. The molecule has 3 aromatic rings. The Bertz CT molecular complexity index is 1420. The number of hydrogen-bond donors (Lipinski definition) is 4. The Balaban J connectivity index is 1.67. The number of rotatable bonds is 3. The molecule has 2 aromatic carbocycles. The fourth-order valence-electron chi connectivity index (χ4n) is 3.36. The van der Waals surface area contributed by atoms with Crippen LogP contribution >= 0.6 is 23.2 Å². The molecule has 0 fully saturated rings. The first-order valence-electron chi connectivity index (χ1n) is 9.58. The molecule has 1 aliphatic heterocycles. The van der Waals surface area contributed by atoms with Crippen LogP contribution in [0.3, 0.4) is 0 Å². The number of guanidine groups is 1. The third-order valence-corrected chi connectivity index (χ3v) is 5.46. The number of nitrogens with zero attached hydrogens (tertiary/aromatic N) is 4. The van der Waals surface area contributed by atoms with Crippen molar-refractivity contribution < 1.29 is 9.53 Å². The number of aliphatic imine (C=N–C) groups is 1. The summed E-state index contributed by atoms with van der Waals surface area (Å²) in [7, 11) is 0. The molecule has 2 heterocycles. The number of nitriles is 2. The summed E-state index contributed by atoms with van der Waals surface area (Å²) in [5.41, 5.74) is 13.4. The molecule has 34 heavy (non-hydrogen) atoms. The molecule has 4 rings (SSSR count). The van der Waals surface area contributed by atoms with Gasteiger partial charge in [-0.3, -0.25) is 5.32 Å². The minimum atomic E-state index is -0.720. The number of benzene rings is 2. The zero-order valence-electron chi connectivity index (χ0n) is 17.1. The standard InChI is InChI=1S/C22H14Cl2N8O2/c23-11-3-6-13(15(24)7-11)21(33)34-12-4-1-10(2-5-12)18-16-17(27)14(8-25)19(28)31-20(16)32-22(30-18)29-9-26/h1-7,18H,(H6,27,28,29,30,31,32). The van der Waals surface area contributed by atoms with Crippen molar-refractivity contribution in [2.45, 2.75) is 6.04 Å². The van der Waals surface area contributed by atoms with E-state index in [-0.39, 0.29) is 45.2 Å². The van der Waals surface area contributed by atoms with E-state index < -0.39 is 12.0 Å². The Labute approximate surface area is 203 Å². The van der Waals surface area contributed by atoms with E-state index >= 15 is 0 Å². The predicted molar refractivity (Wildman–Crippen MR) is 127 cm³/mol. The van der Waals surface area contributed by atoms with Gasteiger partial charge in [0.2, 0.25) is 5.96 Å². The maximum Gasteiger partial charge on any atom is 0.345 e.